The van der Waals surface area contributed by atoms with Crippen LogP contribution in [-0.4, -0.2) is 37.2 Å². The Balaban J connectivity index is 4.15. The topological polar surface area (TPSA) is 78.9 Å². The smallest absolute Gasteiger partial charge is 0.306 e. The Morgan fingerprint density at radius 1 is 0.253 bits per heavy atom. The molecule has 0 aromatic carbocycles. The Morgan fingerprint density at radius 2 is 0.470 bits per heavy atom. The van der Waals surface area contributed by atoms with Crippen LogP contribution in [0.25, 0.3) is 0 Å². The quantitative estimate of drug-likeness (QED) is 0.0261. The predicted octanol–water partition coefficient (Wildman–Crippen LogP) is 25.5. The zero-order chi connectivity index (χ0) is 59.9. The van der Waals surface area contributed by atoms with Gasteiger partial charge in [0.25, 0.3) is 0 Å². The fraction of sp³-hybridized carbons (Fsp3) is 0.831. The molecular formula is C77H140O6. The van der Waals surface area contributed by atoms with E-state index in [9.17, 15) is 14.4 Å². The van der Waals surface area contributed by atoms with Crippen LogP contribution in [0.1, 0.15) is 393 Å². The van der Waals surface area contributed by atoms with E-state index in [1.165, 1.54) is 270 Å². The zero-order valence-electron chi connectivity index (χ0n) is 55.7. The summed E-state index contributed by atoms with van der Waals surface area (Å²) in [7, 11) is 0. The van der Waals surface area contributed by atoms with Crippen LogP contribution >= 0.6 is 0 Å². The molecule has 0 saturated heterocycles. The van der Waals surface area contributed by atoms with E-state index in [2.05, 4.69) is 81.5 Å². The van der Waals surface area contributed by atoms with Gasteiger partial charge in [0.15, 0.2) is 6.10 Å². The van der Waals surface area contributed by atoms with Crippen LogP contribution in [0.4, 0.5) is 0 Å². The van der Waals surface area contributed by atoms with Gasteiger partial charge in [-0.1, -0.05) is 351 Å². The zero-order valence-corrected chi connectivity index (χ0v) is 55.7. The van der Waals surface area contributed by atoms with Crippen LogP contribution < -0.4 is 0 Å². The second kappa shape index (κ2) is 71.6. The van der Waals surface area contributed by atoms with E-state index >= 15 is 0 Å². The van der Waals surface area contributed by atoms with Crippen molar-refractivity contribution in [1.82, 2.24) is 0 Å². The number of ether oxygens (including phenoxy) is 3. The third-order valence-electron chi connectivity index (χ3n) is 16.5. The monoisotopic (exact) mass is 1160 g/mol. The van der Waals surface area contributed by atoms with Crippen LogP contribution in [0.3, 0.4) is 0 Å². The highest BCUT2D eigenvalue weighted by Crippen LogP contribution is 2.18. The summed E-state index contributed by atoms with van der Waals surface area (Å²) in [6.45, 7) is 6.59. The molecule has 0 aromatic rings. The first-order valence-corrected chi connectivity index (χ1v) is 36.8. The number of rotatable bonds is 68. The Bertz CT molecular complexity index is 1470. The van der Waals surface area contributed by atoms with Gasteiger partial charge in [0.05, 0.1) is 0 Å². The van der Waals surface area contributed by atoms with Gasteiger partial charge in [0.1, 0.15) is 13.2 Å². The maximum atomic E-state index is 13.0. The molecule has 6 heteroatoms. The first-order valence-electron chi connectivity index (χ1n) is 36.8. The van der Waals surface area contributed by atoms with Gasteiger partial charge >= 0.3 is 17.9 Å². The minimum absolute atomic E-state index is 0.0679. The molecule has 0 N–H and O–H groups in total. The lowest BCUT2D eigenvalue weighted by molar-refractivity contribution is -0.167. The fourth-order valence-electron chi connectivity index (χ4n) is 11.0. The molecule has 0 bridgehead atoms. The third kappa shape index (κ3) is 69.8. The molecule has 0 saturated carbocycles. The molecule has 0 aliphatic rings. The van der Waals surface area contributed by atoms with Gasteiger partial charge < -0.3 is 14.2 Å². The average Bonchev–Trinajstić information content (AvgIpc) is 3.48. The molecule has 484 valence electrons. The summed E-state index contributed by atoms with van der Waals surface area (Å²) in [5, 5.41) is 0. The normalized spacial score (nSPS) is 12.4. The van der Waals surface area contributed by atoms with Crippen molar-refractivity contribution in [2.45, 2.75) is 399 Å². The predicted molar refractivity (Wildman–Crippen MR) is 362 cm³/mol. The van der Waals surface area contributed by atoms with Crippen molar-refractivity contribution in [3.8, 4) is 0 Å². The van der Waals surface area contributed by atoms with E-state index in [0.717, 1.165) is 83.5 Å². The Labute approximate surface area is 517 Å². The van der Waals surface area contributed by atoms with E-state index in [4.69, 9.17) is 14.2 Å². The second-order valence-corrected chi connectivity index (χ2v) is 24.8. The van der Waals surface area contributed by atoms with Crippen LogP contribution in [-0.2, 0) is 28.6 Å². The third-order valence-corrected chi connectivity index (χ3v) is 16.5. The summed E-state index contributed by atoms with van der Waals surface area (Å²) < 4.78 is 17.0. The van der Waals surface area contributed by atoms with Gasteiger partial charge in [-0.25, -0.2) is 0 Å². The average molecular weight is 1160 g/mol. The number of hydrogen-bond donors (Lipinski definition) is 0. The first-order chi connectivity index (χ1) is 41.0. The van der Waals surface area contributed by atoms with Crippen molar-refractivity contribution in [2.24, 2.45) is 0 Å². The number of carbonyl (C=O) groups excluding carboxylic acids is 3. The largest absolute Gasteiger partial charge is 0.462 e. The van der Waals surface area contributed by atoms with Crippen molar-refractivity contribution in [3.63, 3.8) is 0 Å². The van der Waals surface area contributed by atoms with Gasteiger partial charge in [-0.3, -0.25) is 14.4 Å². The minimum Gasteiger partial charge on any atom is -0.462 e. The first kappa shape index (κ1) is 80.1. The van der Waals surface area contributed by atoms with Crippen molar-refractivity contribution in [1.29, 1.82) is 0 Å². The second-order valence-electron chi connectivity index (χ2n) is 24.8. The SMILES string of the molecule is CC/C=C\C/C=C\C/C=C\C/C=C\CCCCCCCCCCCCCCCCCCC(=O)OCC(COC(=O)CCCCCCCCCCCCC)OC(=O)CCCCCCCCCCCCCCC/C=C\CCCCCCCCCC. The highest BCUT2D eigenvalue weighted by molar-refractivity contribution is 5.71. The van der Waals surface area contributed by atoms with Gasteiger partial charge in [-0.15, -0.1) is 0 Å². The fourth-order valence-corrected chi connectivity index (χ4v) is 11.0. The van der Waals surface area contributed by atoms with Crippen molar-refractivity contribution in [3.05, 3.63) is 60.8 Å². The molecule has 0 spiro atoms. The standard InChI is InChI=1S/C77H140O6/c1-4-7-10-13-16-19-22-24-26-28-30-32-34-36-37-38-39-41-42-44-46-48-50-52-55-58-61-64-67-70-76(79)82-73-74(72-81-75(78)69-66-63-60-57-54-21-18-15-12-9-6-3)83-77(80)71-68-65-62-59-56-53-51-49-47-45-43-40-35-33-31-29-27-25-23-20-17-14-11-8-5-2/h7,10,16,19,24,26,29-32,74H,4-6,8-9,11-15,17-18,20-23,25,27-28,33-73H2,1-3H3/b10-7-,19-16-,26-24-,31-29-,32-30-. The maximum Gasteiger partial charge on any atom is 0.306 e. The summed E-state index contributed by atoms with van der Waals surface area (Å²) in [6, 6.07) is 0. The molecule has 0 aromatic heterocycles. The lowest BCUT2D eigenvalue weighted by Crippen LogP contribution is -2.30. The molecule has 0 heterocycles. The molecule has 6 nitrogen and oxygen atoms in total. The molecule has 0 amide bonds. The van der Waals surface area contributed by atoms with Crippen molar-refractivity contribution in [2.75, 3.05) is 13.2 Å². The Morgan fingerprint density at radius 3 is 0.747 bits per heavy atom. The summed E-state index contributed by atoms with van der Waals surface area (Å²) in [5.41, 5.74) is 0. The maximum absolute atomic E-state index is 13.0. The minimum atomic E-state index is -0.771. The highest BCUT2D eigenvalue weighted by Gasteiger charge is 2.19. The highest BCUT2D eigenvalue weighted by atomic mass is 16.6. The van der Waals surface area contributed by atoms with Crippen LogP contribution in [0, 0.1) is 0 Å². The van der Waals surface area contributed by atoms with Crippen molar-refractivity contribution < 1.29 is 28.6 Å². The lowest BCUT2D eigenvalue weighted by Gasteiger charge is -2.18. The Kier molecular flexibility index (Phi) is 69.1. The van der Waals surface area contributed by atoms with E-state index in [1.807, 2.05) is 0 Å². The summed E-state index contributed by atoms with van der Waals surface area (Å²) in [6.07, 6.45) is 92.7. The van der Waals surface area contributed by atoms with Gasteiger partial charge in [0, 0.05) is 19.3 Å². The molecule has 83 heavy (non-hydrogen) atoms. The number of allylic oxidation sites excluding steroid dienone is 10. The molecule has 0 aliphatic carbocycles. The van der Waals surface area contributed by atoms with Gasteiger partial charge in [-0.05, 0) is 83.5 Å². The molecule has 0 aliphatic heterocycles. The van der Waals surface area contributed by atoms with Gasteiger partial charge in [0.2, 0.25) is 0 Å². The molecule has 1 unspecified atom stereocenters. The van der Waals surface area contributed by atoms with Crippen molar-refractivity contribution >= 4 is 17.9 Å². The van der Waals surface area contributed by atoms with Crippen LogP contribution in [0.2, 0.25) is 0 Å². The molecule has 0 fully saturated rings. The molecule has 0 rings (SSSR count). The summed E-state index contributed by atoms with van der Waals surface area (Å²) in [5.74, 6) is -0.842. The van der Waals surface area contributed by atoms with Crippen LogP contribution in [0.15, 0.2) is 60.8 Å². The summed E-state index contributed by atoms with van der Waals surface area (Å²) >= 11 is 0. The number of hydrogen-bond acceptors (Lipinski definition) is 6. The van der Waals surface area contributed by atoms with E-state index in [1.54, 1.807) is 0 Å². The van der Waals surface area contributed by atoms with E-state index in [0.29, 0.717) is 19.3 Å². The molecule has 0 radical (unpaired) electrons. The number of esters is 3. The number of carbonyl (C=O) groups is 3. The van der Waals surface area contributed by atoms with E-state index < -0.39 is 6.10 Å². The van der Waals surface area contributed by atoms with Crippen LogP contribution in [0.5, 0.6) is 0 Å². The number of unbranched alkanes of at least 4 members (excludes halogenated alkanes) is 47. The van der Waals surface area contributed by atoms with E-state index in [-0.39, 0.29) is 31.1 Å². The summed E-state index contributed by atoms with van der Waals surface area (Å²) in [4.78, 5) is 38.4. The Hall–Kier alpha value is -2.89. The molecule has 1 atom stereocenters. The lowest BCUT2D eigenvalue weighted by atomic mass is 10.0. The van der Waals surface area contributed by atoms with Gasteiger partial charge in [-0.2, -0.15) is 0 Å². The molecular weight excluding hydrogens is 1020 g/mol.